The molecule has 1 aliphatic rings. The van der Waals surface area contributed by atoms with E-state index < -0.39 is 0 Å². The summed E-state index contributed by atoms with van der Waals surface area (Å²) < 4.78 is 13.3. The van der Waals surface area contributed by atoms with Crippen molar-refractivity contribution in [1.82, 2.24) is 4.57 Å². The monoisotopic (exact) mass is 370 g/mol. The van der Waals surface area contributed by atoms with E-state index in [4.69, 9.17) is 9.47 Å². The molecule has 1 fully saturated rings. The highest BCUT2D eigenvalue weighted by Gasteiger charge is 2.22. The molecule has 0 radical (unpaired) electrons. The van der Waals surface area contributed by atoms with E-state index in [1.165, 1.54) is 32.1 Å². The molecule has 1 amide bonds. The molecule has 0 saturated heterocycles. The lowest BCUT2D eigenvalue weighted by atomic mass is 9.95. The standard InChI is InChI=1S/C22H30N2O3/c1-5-27-20-12-11-17(14-21(20)26-4)23-22(25)19-13-15(2)24(16(19)3)18-9-7-6-8-10-18/h11-14,18H,5-10H2,1-4H3,(H,23,25). The molecule has 0 atom stereocenters. The quantitative estimate of drug-likeness (QED) is 0.753. The number of methoxy groups -OCH3 is 1. The number of nitrogens with zero attached hydrogens (tertiary/aromatic N) is 1. The number of nitrogens with one attached hydrogen (secondary N) is 1. The number of benzene rings is 1. The van der Waals surface area contributed by atoms with Gasteiger partial charge in [-0.25, -0.2) is 0 Å². The Hall–Kier alpha value is -2.43. The first-order valence-corrected chi connectivity index (χ1v) is 9.85. The summed E-state index contributed by atoms with van der Waals surface area (Å²) >= 11 is 0. The Bertz CT molecular complexity index is 804. The average molecular weight is 370 g/mol. The van der Waals surface area contributed by atoms with Gasteiger partial charge in [0, 0.05) is 29.2 Å². The van der Waals surface area contributed by atoms with E-state index in [2.05, 4.69) is 23.7 Å². The fourth-order valence-corrected chi connectivity index (χ4v) is 4.13. The number of amides is 1. The lowest BCUT2D eigenvalue weighted by molar-refractivity contribution is 0.102. The van der Waals surface area contributed by atoms with Crippen molar-refractivity contribution < 1.29 is 14.3 Å². The largest absolute Gasteiger partial charge is 0.493 e. The van der Waals surface area contributed by atoms with Gasteiger partial charge in [-0.2, -0.15) is 0 Å². The van der Waals surface area contributed by atoms with Gasteiger partial charge in [-0.05, 0) is 51.8 Å². The molecule has 1 N–H and O–H groups in total. The number of carbonyl (C=O) groups is 1. The number of anilines is 1. The molecule has 146 valence electrons. The predicted octanol–water partition coefficient (Wildman–Crippen LogP) is 5.27. The van der Waals surface area contributed by atoms with Crippen LogP contribution in [0.3, 0.4) is 0 Å². The van der Waals surface area contributed by atoms with Crippen molar-refractivity contribution in [2.45, 2.75) is 58.9 Å². The highest BCUT2D eigenvalue weighted by molar-refractivity contribution is 6.05. The summed E-state index contributed by atoms with van der Waals surface area (Å²) in [5.74, 6) is 1.20. The van der Waals surface area contributed by atoms with E-state index >= 15 is 0 Å². The van der Waals surface area contributed by atoms with E-state index in [0.717, 1.165) is 17.0 Å². The summed E-state index contributed by atoms with van der Waals surface area (Å²) in [6.07, 6.45) is 6.27. The molecule has 1 heterocycles. The van der Waals surface area contributed by atoms with Gasteiger partial charge in [0.25, 0.3) is 5.91 Å². The van der Waals surface area contributed by atoms with Crippen LogP contribution >= 0.6 is 0 Å². The van der Waals surface area contributed by atoms with Gasteiger partial charge in [-0.15, -0.1) is 0 Å². The summed E-state index contributed by atoms with van der Waals surface area (Å²) in [5, 5.41) is 3.00. The van der Waals surface area contributed by atoms with Crippen molar-refractivity contribution in [3.05, 3.63) is 41.2 Å². The lowest BCUT2D eigenvalue weighted by Gasteiger charge is -2.26. The van der Waals surface area contributed by atoms with Gasteiger partial charge < -0.3 is 19.4 Å². The number of rotatable bonds is 6. The molecule has 5 nitrogen and oxygen atoms in total. The minimum atomic E-state index is -0.0867. The third-order valence-corrected chi connectivity index (χ3v) is 5.39. The second-order valence-electron chi connectivity index (χ2n) is 7.20. The third kappa shape index (κ3) is 4.12. The van der Waals surface area contributed by atoms with Crippen LogP contribution in [0.2, 0.25) is 0 Å². The fourth-order valence-electron chi connectivity index (χ4n) is 4.13. The van der Waals surface area contributed by atoms with E-state index in [9.17, 15) is 4.79 Å². The van der Waals surface area contributed by atoms with Crippen molar-refractivity contribution in [1.29, 1.82) is 0 Å². The molecule has 3 rings (SSSR count). The normalized spacial score (nSPS) is 14.8. The van der Waals surface area contributed by atoms with E-state index in [0.29, 0.717) is 29.8 Å². The molecule has 1 aliphatic carbocycles. The van der Waals surface area contributed by atoms with Gasteiger partial charge in [0.05, 0.1) is 19.3 Å². The maximum Gasteiger partial charge on any atom is 0.257 e. The molecular weight excluding hydrogens is 340 g/mol. The molecule has 0 unspecified atom stereocenters. The first-order valence-electron chi connectivity index (χ1n) is 9.85. The molecule has 1 aromatic heterocycles. The summed E-state index contributed by atoms with van der Waals surface area (Å²) in [4.78, 5) is 12.9. The molecule has 27 heavy (non-hydrogen) atoms. The van der Waals surface area contributed by atoms with E-state index in [-0.39, 0.29) is 5.91 Å². The highest BCUT2D eigenvalue weighted by Crippen LogP contribution is 2.33. The van der Waals surface area contributed by atoms with Crippen LogP contribution in [0.4, 0.5) is 5.69 Å². The van der Waals surface area contributed by atoms with Crippen LogP contribution in [0.15, 0.2) is 24.3 Å². The van der Waals surface area contributed by atoms with Gasteiger partial charge in [-0.1, -0.05) is 19.3 Å². The zero-order valence-corrected chi connectivity index (χ0v) is 16.8. The summed E-state index contributed by atoms with van der Waals surface area (Å²) in [5.41, 5.74) is 3.65. The minimum absolute atomic E-state index is 0.0867. The summed E-state index contributed by atoms with van der Waals surface area (Å²) in [6, 6.07) is 7.98. The van der Waals surface area contributed by atoms with Crippen LogP contribution in [-0.4, -0.2) is 24.2 Å². The van der Waals surface area contributed by atoms with Crippen LogP contribution in [0.25, 0.3) is 0 Å². The smallest absolute Gasteiger partial charge is 0.257 e. The van der Waals surface area contributed by atoms with Crippen LogP contribution in [0.5, 0.6) is 11.5 Å². The Kier molecular flexibility index (Phi) is 6.09. The summed E-state index contributed by atoms with van der Waals surface area (Å²) in [6.45, 7) is 6.64. The van der Waals surface area contributed by atoms with Crippen molar-refractivity contribution in [2.75, 3.05) is 19.0 Å². The number of aryl methyl sites for hydroxylation is 1. The Balaban J connectivity index is 1.80. The number of ether oxygens (including phenoxy) is 2. The Morgan fingerprint density at radius 2 is 1.89 bits per heavy atom. The van der Waals surface area contributed by atoms with Crippen LogP contribution in [0, 0.1) is 13.8 Å². The second kappa shape index (κ2) is 8.51. The number of aromatic nitrogens is 1. The topological polar surface area (TPSA) is 52.5 Å². The van der Waals surface area contributed by atoms with Crippen molar-refractivity contribution in [2.24, 2.45) is 0 Å². The first kappa shape index (κ1) is 19.3. The molecule has 5 heteroatoms. The van der Waals surface area contributed by atoms with Crippen LogP contribution < -0.4 is 14.8 Å². The Labute approximate surface area is 161 Å². The molecule has 0 bridgehead atoms. The Morgan fingerprint density at radius 1 is 1.15 bits per heavy atom. The van der Waals surface area contributed by atoms with E-state index in [1.54, 1.807) is 13.2 Å². The fraction of sp³-hybridized carbons (Fsp3) is 0.500. The highest BCUT2D eigenvalue weighted by atomic mass is 16.5. The van der Waals surface area contributed by atoms with Gasteiger partial charge in [-0.3, -0.25) is 4.79 Å². The van der Waals surface area contributed by atoms with Crippen molar-refractivity contribution >= 4 is 11.6 Å². The van der Waals surface area contributed by atoms with Crippen LogP contribution in [-0.2, 0) is 0 Å². The number of hydrogen-bond donors (Lipinski definition) is 1. The predicted molar refractivity (Wildman–Crippen MR) is 108 cm³/mol. The molecule has 2 aromatic rings. The van der Waals surface area contributed by atoms with Gasteiger partial charge in [0.2, 0.25) is 0 Å². The van der Waals surface area contributed by atoms with Gasteiger partial charge >= 0.3 is 0 Å². The SMILES string of the molecule is CCOc1ccc(NC(=O)c2cc(C)n(C3CCCCC3)c2C)cc1OC. The lowest BCUT2D eigenvalue weighted by Crippen LogP contribution is -2.17. The number of hydrogen-bond acceptors (Lipinski definition) is 3. The van der Waals surface area contributed by atoms with Crippen molar-refractivity contribution in [3.8, 4) is 11.5 Å². The summed E-state index contributed by atoms with van der Waals surface area (Å²) in [7, 11) is 1.60. The van der Waals surface area contributed by atoms with Crippen molar-refractivity contribution in [3.63, 3.8) is 0 Å². The van der Waals surface area contributed by atoms with Gasteiger partial charge in [0.15, 0.2) is 11.5 Å². The second-order valence-corrected chi connectivity index (χ2v) is 7.20. The first-order chi connectivity index (χ1) is 13.0. The zero-order valence-electron chi connectivity index (χ0n) is 16.8. The maximum atomic E-state index is 12.9. The average Bonchev–Trinajstić information content (AvgIpc) is 2.98. The molecular formula is C22H30N2O3. The van der Waals surface area contributed by atoms with E-state index in [1.807, 2.05) is 25.1 Å². The Morgan fingerprint density at radius 3 is 2.56 bits per heavy atom. The molecule has 0 spiro atoms. The zero-order chi connectivity index (χ0) is 19.4. The van der Waals surface area contributed by atoms with Crippen LogP contribution in [0.1, 0.15) is 66.8 Å². The molecule has 1 aromatic carbocycles. The minimum Gasteiger partial charge on any atom is -0.493 e. The third-order valence-electron chi connectivity index (χ3n) is 5.39. The molecule has 1 saturated carbocycles. The molecule has 0 aliphatic heterocycles. The maximum absolute atomic E-state index is 12.9. The number of carbonyl (C=O) groups excluding carboxylic acids is 1. The van der Waals surface area contributed by atoms with Gasteiger partial charge in [0.1, 0.15) is 0 Å².